The van der Waals surface area contributed by atoms with Gasteiger partial charge in [-0.2, -0.15) is 13.2 Å². The fourth-order valence-electron chi connectivity index (χ4n) is 2.90. The zero-order valence-corrected chi connectivity index (χ0v) is 15.8. The molecule has 26 heavy (non-hydrogen) atoms. The summed E-state index contributed by atoms with van der Waals surface area (Å²) in [6, 6.07) is 7.39. The maximum absolute atomic E-state index is 12.9. The number of fused-ring (bicyclic) bond motifs is 1. The van der Waals surface area contributed by atoms with Crippen LogP contribution in [0.2, 0.25) is 5.15 Å². The molecule has 0 bridgehead atoms. The summed E-state index contributed by atoms with van der Waals surface area (Å²) in [5.41, 5.74) is 1.76. The lowest BCUT2D eigenvalue weighted by Crippen LogP contribution is -2.08. The summed E-state index contributed by atoms with van der Waals surface area (Å²) in [5.74, 6) is 0. The summed E-state index contributed by atoms with van der Waals surface area (Å²) in [6.07, 6.45) is -1.23. The molecule has 0 saturated carbocycles. The number of benzene rings is 1. The van der Waals surface area contributed by atoms with Crippen molar-refractivity contribution >= 4 is 34.4 Å². The highest BCUT2D eigenvalue weighted by Crippen LogP contribution is 2.30. The minimum Gasteiger partial charge on any atom is -0.329 e. The number of aryl methyl sites for hydroxylation is 3. The van der Waals surface area contributed by atoms with Crippen LogP contribution in [0.5, 0.6) is 0 Å². The summed E-state index contributed by atoms with van der Waals surface area (Å²) < 4.78 is 40.7. The number of nitrogens with zero attached hydrogens (tertiary/aromatic N) is 3. The first-order valence-corrected chi connectivity index (χ1v) is 9.69. The molecular formula is C18H17ClF3N3S. The first-order valence-electron chi connectivity index (χ1n) is 8.09. The van der Waals surface area contributed by atoms with E-state index in [1.54, 1.807) is 6.07 Å². The predicted octanol–water partition coefficient (Wildman–Crippen LogP) is 5.63. The van der Waals surface area contributed by atoms with Crippen molar-refractivity contribution in [1.29, 1.82) is 0 Å². The Morgan fingerprint density at radius 3 is 2.62 bits per heavy atom. The number of rotatable bonds is 5. The fourth-order valence-corrected chi connectivity index (χ4v) is 3.53. The van der Waals surface area contributed by atoms with E-state index in [1.165, 1.54) is 23.9 Å². The lowest BCUT2D eigenvalue weighted by molar-refractivity contribution is -0.137. The summed E-state index contributed by atoms with van der Waals surface area (Å²) in [5, 5.41) is 1.74. The number of hydrogen-bond acceptors (Lipinski definition) is 3. The van der Waals surface area contributed by atoms with E-state index in [9.17, 15) is 13.2 Å². The molecule has 2 heterocycles. The number of hydrogen-bond donors (Lipinski definition) is 0. The van der Waals surface area contributed by atoms with E-state index in [0.29, 0.717) is 28.8 Å². The maximum Gasteiger partial charge on any atom is 0.416 e. The third kappa shape index (κ3) is 3.83. The zero-order valence-electron chi connectivity index (χ0n) is 14.3. The molecule has 2 aromatic heterocycles. The van der Waals surface area contributed by atoms with Gasteiger partial charge in [-0.05, 0) is 36.8 Å². The second-order valence-corrected chi connectivity index (χ2v) is 6.96. The fraction of sp³-hybridized carbons (Fsp3) is 0.333. The molecule has 138 valence electrons. The lowest BCUT2D eigenvalue weighted by Gasteiger charge is -2.11. The van der Waals surface area contributed by atoms with Crippen molar-refractivity contribution in [1.82, 2.24) is 14.5 Å². The summed E-state index contributed by atoms with van der Waals surface area (Å²) in [6.45, 7) is 2.54. The van der Waals surface area contributed by atoms with Crippen molar-refractivity contribution in [2.75, 3.05) is 6.26 Å². The van der Waals surface area contributed by atoms with Crippen molar-refractivity contribution in [3.8, 4) is 0 Å². The maximum atomic E-state index is 12.9. The Hall–Kier alpha value is -1.73. The van der Waals surface area contributed by atoms with Gasteiger partial charge in [0.15, 0.2) is 5.16 Å². The largest absolute Gasteiger partial charge is 0.416 e. The van der Waals surface area contributed by atoms with Gasteiger partial charge in [-0.25, -0.2) is 9.97 Å². The van der Waals surface area contributed by atoms with E-state index in [2.05, 4.69) is 9.97 Å². The molecule has 0 aliphatic carbocycles. The molecule has 0 radical (unpaired) electrons. The Balaban J connectivity index is 1.95. The van der Waals surface area contributed by atoms with Crippen LogP contribution >= 0.6 is 23.4 Å². The van der Waals surface area contributed by atoms with Crippen molar-refractivity contribution < 1.29 is 13.2 Å². The third-order valence-corrected chi connectivity index (χ3v) is 5.03. The van der Waals surface area contributed by atoms with Crippen LogP contribution in [0.1, 0.15) is 23.7 Å². The SMILES string of the molecule is CCc1cc2c(Cl)nc(SC)nc2n1CCc1cccc(C(F)(F)F)c1. The molecule has 0 aliphatic rings. The predicted molar refractivity (Wildman–Crippen MR) is 98.8 cm³/mol. The van der Waals surface area contributed by atoms with E-state index >= 15 is 0 Å². The Morgan fingerprint density at radius 1 is 1.19 bits per heavy atom. The highest BCUT2D eigenvalue weighted by Gasteiger charge is 2.30. The van der Waals surface area contributed by atoms with Crippen LogP contribution in [-0.4, -0.2) is 20.8 Å². The van der Waals surface area contributed by atoms with E-state index in [0.717, 1.165) is 29.2 Å². The Labute approximate surface area is 158 Å². The molecule has 3 nitrogen and oxygen atoms in total. The molecule has 8 heteroatoms. The van der Waals surface area contributed by atoms with Crippen LogP contribution in [0.3, 0.4) is 0 Å². The molecule has 0 spiro atoms. The van der Waals surface area contributed by atoms with Crippen LogP contribution in [0.4, 0.5) is 13.2 Å². The van der Waals surface area contributed by atoms with E-state index in [4.69, 9.17) is 11.6 Å². The molecule has 0 fully saturated rings. The highest BCUT2D eigenvalue weighted by molar-refractivity contribution is 7.98. The van der Waals surface area contributed by atoms with Gasteiger partial charge in [0.25, 0.3) is 0 Å². The highest BCUT2D eigenvalue weighted by atomic mass is 35.5. The van der Waals surface area contributed by atoms with Gasteiger partial charge in [-0.1, -0.05) is 48.5 Å². The van der Waals surface area contributed by atoms with Gasteiger partial charge >= 0.3 is 6.18 Å². The normalized spacial score (nSPS) is 12.1. The van der Waals surface area contributed by atoms with Crippen molar-refractivity contribution in [2.45, 2.75) is 37.6 Å². The molecule has 0 saturated heterocycles. The summed E-state index contributed by atoms with van der Waals surface area (Å²) >= 11 is 7.67. The standard InChI is InChI=1S/C18H17ClF3N3S/c1-3-13-10-14-15(19)23-17(26-2)24-16(14)25(13)8-7-11-5-4-6-12(9-11)18(20,21)22/h4-6,9-10H,3,7-8H2,1-2H3. The van der Waals surface area contributed by atoms with Gasteiger partial charge in [0.05, 0.1) is 10.9 Å². The second kappa shape index (κ2) is 7.48. The average Bonchev–Trinajstić information content (AvgIpc) is 2.97. The molecule has 3 rings (SSSR count). The molecule has 0 aliphatic heterocycles. The van der Waals surface area contributed by atoms with Crippen molar-refractivity contribution in [3.63, 3.8) is 0 Å². The molecule has 0 unspecified atom stereocenters. The average molecular weight is 400 g/mol. The molecule has 0 atom stereocenters. The number of thioether (sulfide) groups is 1. The monoisotopic (exact) mass is 399 g/mol. The molecule has 0 amide bonds. The third-order valence-electron chi connectivity index (χ3n) is 4.20. The van der Waals surface area contributed by atoms with E-state index < -0.39 is 11.7 Å². The van der Waals surface area contributed by atoms with Crippen LogP contribution in [-0.2, 0) is 25.6 Å². The molecule has 3 aromatic rings. The minimum absolute atomic E-state index is 0.395. The summed E-state index contributed by atoms with van der Waals surface area (Å²) in [7, 11) is 0. The molecule has 0 N–H and O–H groups in total. The Kier molecular flexibility index (Phi) is 5.48. The van der Waals surface area contributed by atoms with Crippen LogP contribution in [0.15, 0.2) is 35.5 Å². The summed E-state index contributed by atoms with van der Waals surface area (Å²) in [4.78, 5) is 8.79. The van der Waals surface area contributed by atoms with Gasteiger partial charge in [0, 0.05) is 12.2 Å². The topological polar surface area (TPSA) is 30.7 Å². The van der Waals surface area contributed by atoms with Gasteiger partial charge in [-0.3, -0.25) is 0 Å². The van der Waals surface area contributed by atoms with Gasteiger partial charge in [-0.15, -0.1) is 0 Å². The number of halogens is 4. The number of alkyl halides is 3. The van der Waals surface area contributed by atoms with E-state index in [-0.39, 0.29) is 0 Å². The van der Waals surface area contributed by atoms with Crippen LogP contribution < -0.4 is 0 Å². The van der Waals surface area contributed by atoms with Gasteiger partial charge < -0.3 is 4.57 Å². The van der Waals surface area contributed by atoms with E-state index in [1.807, 2.05) is 23.8 Å². The number of aromatic nitrogens is 3. The zero-order chi connectivity index (χ0) is 18.9. The van der Waals surface area contributed by atoms with Crippen LogP contribution in [0.25, 0.3) is 11.0 Å². The quantitative estimate of drug-likeness (QED) is 0.316. The minimum atomic E-state index is -4.33. The molecule has 1 aromatic carbocycles. The van der Waals surface area contributed by atoms with Crippen LogP contribution in [0, 0.1) is 0 Å². The van der Waals surface area contributed by atoms with Gasteiger partial charge in [0.1, 0.15) is 10.8 Å². The first kappa shape index (κ1) is 19.0. The molecular weight excluding hydrogens is 383 g/mol. The van der Waals surface area contributed by atoms with Crippen molar-refractivity contribution in [2.24, 2.45) is 0 Å². The first-order chi connectivity index (χ1) is 12.3. The lowest BCUT2D eigenvalue weighted by atomic mass is 10.1. The van der Waals surface area contributed by atoms with Gasteiger partial charge in [0.2, 0.25) is 0 Å². The van der Waals surface area contributed by atoms with Crippen molar-refractivity contribution in [3.05, 3.63) is 52.3 Å². The Bertz CT molecular complexity index is 937. The smallest absolute Gasteiger partial charge is 0.329 e. The Morgan fingerprint density at radius 2 is 1.96 bits per heavy atom. The second-order valence-electron chi connectivity index (χ2n) is 5.83.